The van der Waals surface area contributed by atoms with Gasteiger partial charge in [-0.15, -0.1) is 0 Å². The minimum absolute atomic E-state index is 0.160. The molecule has 0 aliphatic heterocycles. The van der Waals surface area contributed by atoms with E-state index in [1.807, 2.05) is 30.3 Å². The molecule has 1 aromatic heterocycles. The van der Waals surface area contributed by atoms with Crippen LogP contribution < -0.4 is 5.73 Å². The molecule has 0 aliphatic rings. The van der Waals surface area contributed by atoms with Gasteiger partial charge in [-0.25, -0.2) is 9.97 Å². The summed E-state index contributed by atoms with van der Waals surface area (Å²) < 4.78 is 0. The maximum absolute atomic E-state index is 12.3. The standard InChI is InChI=1S/C15H11N3O/c16-15-13(14(19)10-6-2-1-3-7-10)17-11-8-4-5-9-12(11)18-15/h1-9H,(H2,16,18). The number of benzene rings is 2. The maximum Gasteiger partial charge on any atom is 0.215 e. The van der Waals surface area contributed by atoms with Crippen molar-refractivity contribution in [3.05, 3.63) is 65.9 Å². The van der Waals surface area contributed by atoms with E-state index in [0.29, 0.717) is 16.6 Å². The van der Waals surface area contributed by atoms with Crippen molar-refractivity contribution in [1.29, 1.82) is 0 Å². The van der Waals surface area contributed by atoms with Gasteiger partial charge in [0, 0.05) is 5.56 Å². The summed E-state index contributed by atoms with van der Waals surface area (Å²) in [5, 5.41) is 0. The van der Waals surface area contributed by atoms with Crippen LogP contribution in [0.5, 0.6) is 0 Å². The highest BCUT2D eigenvalue weighted by Gasteiger charge is 2.15. The minimum atomic E-state index is -0.212. The number of anilines is 1. The number of carbonyl (C=O) groups is 1. The average Bonchev–Trinajstić information content (AvgIpc) is 2.47. The van der Waals surface area contributed by atoms with Crippen LogP contribution in [0.25, 0.3) is 11.0 Å². The van der Waals surface area contributed by atoms with Crippen molar-refractivity contribution < 1.29 is 4.79 Å². The lowest BCUT2D eigenvalue weighted by Crippen LogP contribution is -2.10. The zero-order valence-corrected chi connectivity index (χ0v) is 10.1. The molecule has 0 bridgehead atoms. The van der Waals surface area contributed by atoms with Gasteiger partial charge in [0.1, 0.15) is 0 Å². The number of hydrogen-bond donors (Lipinski definition) is 1. The lowest BCUT2D eigenvalue weighted by molar-refractivity contribution is 0.103. The van der Waals surface area contributed by atoms with E-state index in [4.69, 9.17) is 5.73 Å². The van der Waals surface area contributed by atoms with Crippen LogP contribution in [-0.4, -0.2) is 15.8 Å². The molecule has 0 amide bonds. The SMILES string of the molecule is Nc1nc2ccccc2nc1C(=O)c1ccccc1. The summed E-state index contributed by atoms with van der Waals surface area (Å²) in [6.45, 7) is 0. The maximum atomic E-state index is 12.3. The third-order valence-electron chi connectivity index (χ3n) is 2.85. The molecular formula is C15H11N3O. The second-order valence-electron chi connectivity index (χ2n) is 4.14. The Labute approximate surface area is 109 Å². The number of hydrogen-bond acceptors (Lipinski definition) is 4. The molecule has 3 aromatic rings. The number of nitrogen functional groups attached to an aromatic ring is 1. The number of para-hydroxylation sites is 2. The summed E-state index contributed by atoms with van der Waals surface area (Å²) in [7, 11) is 0. The van der Waals surface area contributed by atoms with Crippen LogP contribution in [0.2, 0.25) is 0 Å². The Hall–Kier alpha value is -2.75. The summed E-state index contributed by atoms with van der Waals surface area (Å²) in [6, 6.07) is 16.3. The van der Waals surface area contributed by atoms with E-state index < -0.39 is 0 Å². The normalized spacial score (nSPS) is 10.5. The summed E-state index contributed by atoms with van der Waals surface area (Å²) in [5.41, 5.74) is 7.93. The Morgan fingerprint density at radius 2 is 1.42 bits per heavy atom. The van der Waals surface area contributed by atoms with E-state index in [-0.39, 0.29) is 17.3 Å². The number of nitrogens with two attached hydrogens (primary N) is 1. The molecule has 19 heavy (non-hydrogen) atoms. The predicted molar refractivity (Wildman–Crippen MR) is 73.8 cm³/mol. The van der Waals surface area contributed by atoms with Gasteiger partial charge in [0.2, 0.25) is 5.78 Å². The molecule has 0 unspecified atom stereocenters. The Morgan fingerprint density at radius 1 is 0.842 bits per heavy atom. The Morgan fingerprint density at radius 3 is 2.11 bits per heavy atom. The van der Waals surface area contributed by atoms with E-state index in [1.54, 1.807) is 24.3 Å². The number of fused-ring (bicyclic) bond motifs is 1. The number of rotatable bonds is 2. The zero-order valence-electron chi connectivity index (χ0n) is 10.1. The first-order valence-corrected chi connectivity index (χ1v) is 5.88. The van der Waals surface area contributed by atoms with Crippen LogP contribution in [0.15, 0.2) is 54.6 Å². The first kappa shape index (κ1) is 11.3. The van der Waals surface area contributed by atoms with Crippen molar-refractivity contribution in [3.8, 4) is 0 Å². The molecule has 4 nitrogen and oxygen atoms in total. The van der Waals surface area contributed by atoms with Gasteiger partial charge in [-0.05, 0) is 12.1 Å². The van der Waals surface area contributed by atoms with Gasteiger partial charge in [-0.1, -0.05) is 42.5 Å². The van der Waals surface area contributed by atoms with Crippen LogP contribution >= 0.6 is 0 Å². The number of ketones is 1. The molecule has 0 fully saturated rings. The van der Waals surface area contributed by atoms with Gasteiger partial charge < -0.3 is 5.73 Å². The highest BCUT2D eigenvalue weighted by Crippen LogP contribution is 2.17. The fourth-order valence-electron chi connectivity index (χ4n) is 1.91. The topological polar surface area (TPSA) is 68.9 Å². The van der Waals surface area contributed by atoms with E-state index in [1.165, 1.54) is 0 Å². The molecule has 92 valence electrons. The Bertz CT molecular complexity index is 754. The summed E-state index contributed by atoms with van der Waals surface area (Å²) >= 11 is 0. The zero-order chi connectivity index (χ0) is 13.2. The van der Waals surface area contributed by atoms with Crippen LogP contribution in [0.3, 0.4) is 0 Å². The Balaban J connectivity index is 2.15. The lowest BCUT2D eigenvalue weighted by atomic mass is 10.1. The van der Waals surface area contributed by atoms with Gasteiger partial charge in [-0.2, -0.15) is 0 Å². The molecule has 4 heteroatoms. The quantitative estimate of drug-likeness (QED) is 0.708. The first-order valence-electron chi connectivity index (χ1n) is 5.88. The van der Waals surface area contributed by atoms with Gasteiger partial charge in [0.25, 0.3) is 0 Å². The van der Waals surface area contributed by atoms with E-state index in [9.17, 15) is 4.79 Å². The molecule has 0 saturated heterocycles. The summed E-state index contributed by atoms with van der Waals surface area (Å²) in [5.74, 6) is -0.0519. The van der Waals surface area contributed by atoms with Crippen LogP contribution in [0.4, 0.5) is 5.82 Å². The smallest absolute Gasteiger partial charge is 0.215 e. The van der Waals surface area contributed by atoms with Crippen molar-refractivity contribution >= 4 is 22.6 Å². The predicted octanol–water partition coefficient (Wildman–Crippen LogP) is 2.44. The van der Waals surface area contributed by atoms with Gasteiger partial charge >= 0.3 is 0 Å². The molecule has 0 aliphatic carbocycles. The highest BCUT2D eigenvalue weighted by atomic mass is 16.1. The van der Waals surface area contributed by atoms with Crippen molar-refractivity contribution in [1.82, 2.24) is 9.97 Å². The molecule has 0 saturated carbocycles. The van der Waals surface area contributed by atoms with Gasteiger partial charge in [0.15, 0.2) is 11.5 Å². The van der Waals surface area contributed by atoms with Gasteiger partial charge in [-0.3, -0.25) is 4.79 Å². The van der Waals surface area contributed by atoms with Gasteiger partial charge in [0.05, 0.1) is 11.0 Å². The van der Waals surface area contributed by atoms with Crippen molar-refractivity contribution in [2.75, 3.05) is 5.73 Å². The fourth-order valence-corrected chi connectivity index (χ4v) is 1.91. The fraction of sp³-hybridized carbons (Fsp3) is 0. The second kappa shape index (κ2) is 4.49. The third-order valence-corrected chi connectivity index (χ3v) is 2.85. The number of carbonyl (C=O) groups excluding carboxylic acids is 1. The first-order chi connectivity index (χ1) is 9.25. The number of nitrogens with zero attached hydrogens (tertiary/aromatic N) is 2. The molecule has 0 spiro atoms. The largest absolute Gasteiger partial charge is 0.382 e. The molecular weight excluding hydrogens is 238 g/mol. The molecule has 0 atom stereocenters. The van der Waals surface area contributed by atoms with Crippen molar-refractivity contribution in [2.24, 2.45) is 0 Å². The molecule has 2 N–H and O–H groups in total. The summed E-state index contributed by atoms with van der Waals surface area (Å²) in [4.78, 5) is 20.9. The average molecular weight is 249 g/mol. The molecule has 1 heterocycles. The minimum Gasteiger partial charge on any atom is -0.382 e. The van der Waals surface area contributed by atoms with Crippen molar-refractivity contribution in [3.63, 3.8) is 0 Å². The van der Waals surface area contributed by atoms with E-state index in [2.05, 4.69) is 9.97 Å². The van der Waals surface area contributed by atoms with Crippen LogP contribution in [0, 0.1) is 0 Å². The van der Waals surface area contributed by atoms with Crippen LogP contribution in [0.1, 0.15) is 16.1 Å². The Kier molecular flexibility index (Phi) is 2.68. The van der Waals surface area contributed by atoms with Crippen molar-refractivity contribution in [2.45, 2.75) is 0 Å². The van der Waals surface area contributed by atoms with E-state index in [0.717, 1.165) is 0 Å². The highest BCUT2D eigenvalue weighted by molar-refractivity contribution is 6.11. The second-order valence-corrected chi connectivity index (χ2v) is 4.14. The summed E-state index contributed by atoms with van der Waals surface area (Å²) in [6.07, 6.45) is 0. The monoisotopic (exact) mass is 249 g/mol. The molecule has 0 radical (unpaired) electrons. The number of aromatic nitrogens is 2. The lowest BCUT2D eigenvalue weighted by Gasteiger charge is -2.05. The molecule has 2 aromatic carbocycles. The van der Waals surface area contributed by atoms with Crippen LogP contribution in [-0.2, 0) is 0 Å². The molecule has 3 rings (SSSR count). The van der Waals surface area contributed by atoms with E-state index >= 15 is 0 Å². The third kappa shape index (κ3) is 2.04.